The average molecular weight is 388 g/mol. The van der Waals surface area contributed by atoms with Crippen molar-refractivity contribution in [2.75, 3.05) is 5.32 Å². The van der Waals surface area contributed by atoms with E-state index < -0.39 is 17.9 Å². The molecule has 3 N–H and O–H groups in total. The Morgan fingerprint density at radius 2 is 1.80 bits per heavy atom. The molecule has 0 saturated carbocycles. The lowest BCUT2D eigenvalue weighted by atomic mass is 10.1. The van der Waals surface area contributed by atoms with Crippen molar-refractivity contribution in [3.8, 4) is 0 Å². The molecular formula is C13H13IN2O4. The van der Waals surface area contributed by atoms with Gasteiger partial charge < -0.3 is 10.4 Å². The van der Waals surface area contributed by atoms with Crippen LogP contribution in [0.25, 0.3) is 0 Å². The third-order valence-corrected chi connectivity index (χ3v) is 3.20. The molecule has 1 aromatic rings. The zero-order valence-electron chi connectivity index (χ0n) is 10.9. The zero-order valence-corrected chi connectivity index (χ0v) is 13.0. The summed E-state index contributed by atoms with van der Waals surface area (Å²) in [6.07, 6.45) is 0. The highest BCUT2D eigenvalue weighted by atomic mass is 127. The summed E-state index contributed by atoms with van der Waals surface area (Å²) in [5, 5.41) is 13.3. The molecule has 0 fully saturated rings. The predicted molar refractivity (Wildman–Crippen MR) is 82.3 cm³/mol. The van der Waals surface area contributed by atoms with E-state index >= 15 is 0 Å². The van der Waals surface area contributed by atoms with Gasteiger partial charge in [0.1, 0.15) is 0 Å². The van der Waals surface area contributed by atoms with Crippen LogP contribution in [-0.4, -0.2) is 23.0 Å². The second-order valence-corrected chi connectivity index (χ2v) is 5.22. The van der Waals surface area contributed by atoms with Crippen LogP contribution in [0.1, 0.15) is 13.8 Å². The number of carbonyl (C=O) groups is 3. The summed E-state index contributed by atoms with van der Waals surface area (Å²) in [5.41, 5.74) is 0.415. The second kappa shape index (κ2) is 7.04. The Labute approximate surface area is 129 Å². The summed E-state index contributed by atoms with van der Waals surface area (Å²) in [6, 6.07) is 6.32. The van der Waals surface area contributed by atoms with Gasteiger partial charge in [-0.2, -0.15) is 0 Å². The van der Waals surface area contributed by atoms with Gasteiger partial charge in [-0.25, -0.2) is 9.59 Å². The number of imide groups is 1. The van der Waals surface area contributed by atoms with Crippen molar-refractivity contribution in [3.05, 3.63) is 39.0 Å². The van der Waals surface area contributed by atoms with Gasteiger partial charge in [-0.1, -0.05) is 6.07 Å². The number of nitrogens with one attached hydrogen (secondary N) is 2. The van der Waals surface area contributed by atoms with Crippen molar-refractivity contribution < 1.29 is 19.5 Å². The van der Waals surface area contributed by atoms with Crippen LogP contribution >= 0.6 is 22.6 Å². The van der Waals surface area contributed by atoms with Crippen molar-refractivity contribution >= 4 is 46.2 Å². The van der Waals surface area contributed by atoms with Gasteiger partial charge >= 0.3 is 12.0 Å². The number of benzene rings is 1. The summed E-state index contributed by atoms with van der Waals surface area (Å²) in [4.78, 5) is 34.0. The number of hydrogen-bond donors (Lipinski definition) is 3. The normalized spacial score (nSPS) is 11.3. The van der Waals surface area contributed by atoms with Gasteiger partial charge in [-0.05, 0) is 54.6 Å². The van der Waals surface area contributed by atoms with Crippen LogP contribution in [0.15, 0.2) is 35.4 Å². The molecule has 1 rings (SSSR count). The number of anilines is 1. The molecule has 20 heavy (non-hydrogen) atoms. The molecule has 0 aliphatic carbocycles. The van der Waals surface area contributed by atoms with Crippen LogP contribution in [0.3, 0.4) is 0 Å². The quantitative estimate of drug-likeness (QED) is 0.547. The standard InChI is InChI=1S/C13H13IN2O4/c1-7(8(2)12(18)19)11(17)16-13(20)15-10-5-3-4-9(14)6-10/h3-6H,1-2H3,(H,18,19)(H2,15,16,17,20). The van der Waals surface area contributed by atoms with Crippen LogP contribution < -0.4 is 10.6 Å². The Balaban J connectivity index is 2.70. The summed E-state index contributed by atoms with van der Waals surface area (Å²) >= 11 is 2.09. The van der Waals surface area contributed by atoms with E-state index in [1.165, 1.54) is 13.8 Å². The van der Waals surface area contributed by atoms with E-state index in [1.54, 1.807) is 18.2 Å². The van der Waals surface area contributed by atoms with Gasteiger partial charge in [0, 0.05) is 20.4 Å². The van der Waals surface area contributed by atoms with Gasteiger partial charge in [-0.15, -0.1) is 0 Å². The van der Waals surface area contributed by atoms with E-state index in [-0.39, 0.29) is 11.1 Å². The third-order valence-electron chi connectivity index (χ3n) is 2.53. The number of hydrogen-bond acceptors (Lipinski definition) is 3. The zero-order chi connectivity index (χ0) is 15.3. The molecule has 0 spiro atoms. The Morgan fingerprint density at radius 1 is 1.15 bits per heavy atom. The fourth-order valence-corrected chi connectivity index (χ4v) is 1.80. The molecule has 0 unspecified atom stereocenters. The number of urea groups is 1. The first-order chi connectivity index (χ1) is 9.31. The molecule has 0 bridgehead atoms. The lowest BCUT2D eigenvalue weighted by molar-refractivity contribution is -0.133. The summed E-state index contributed by atoms with van der Waals surface area (Å²) in [7, 11) is 0. The van der Waals surface area contributed by atoms with Crippen molar-refractivity contribution in [1.29, 1.82) is 0 Å². The Hall–Kier alpha value is -1.90. The maximum atomic E-state index is 11.7. The minimum Gasteiger partial charge on any atom is -0.478 e. The maximum absolute atomic E-state index is 11.7. The molecule has 0 saturated heterocycles. The van der Waals surface area contributed by atoms with E-state index in [4.69, 9.17) is 5.11 Å². The highest BCUT2D eigenvalue weighted by Crippen LogP contribution is 2.12. The number of carboxylic acids is 1. The van der Waals surface area contributed by atoms with Crippen LogP contribution in [0.4, 0.5) is 10.5 Å². The van der Waals surface area contributed by atoms with Gasteiger partial charge in [0.15, 0.2) is 0 Å². The first-order valence-electron chi connectivity index (χ1n) is 5.60. The molecule has 0 aromatic heterocycles. The van der Waals surface area contributed by atoms with E-state index in [9.17, 15) is 14.4 Å². The van der Waals surface area contributed by atoms with E-state index in [0.717, 1.165) is 3.57 Å². The summed E-state index contributed by atoms with van der Waals surface area (Å²) in [6.45, 7) is 2.65. The first kappa shape index (κ1) is 16.2. The van der Waals surface area contributed by atoms with Crippen LogP contribution in [0.5, 0.6) is 0 Å². The molecule has 0 aliphatic heterocycles. The fraction of sp³-hybridized carbons (Fsp3) is 0.154. The van der Waals surface area contributed by atoms with E-state index in [0.29, 0.717) is 5.69 Å². The number of halogens is 1. The van der Waals surface area contributed by atoms with Gasteiger partial charge in [0.05, 0.1) is 0 Å². The molecular weight excluding hydrogens is 375 g/mol. The molecule has 0 heterocycles. The Morgan fingerprint density at radius 3 is 2.35 bits per heavy atom. The predicted octanol–water partition coefficient (Wildman–Crippen LogP) is 2.36. The second-order valence-electron chi connectivity index (χ2n) is 3.97. The topological polar surface area (TPSA) is 95.5 Å². The van der Waals surface area contributed by atoms with Crippen molar-refractivity contribution in [1.82, 2.24) is 5.32 Å². The van der Waals surface area contributed by atoms with E-state index in [1.807, 2.05) is 6.07 Å². The lowest BCUT2D eigenvalue weighted by Gasteiger charge is -2.08. The highest BCUT2D eigenvalue weighted by molar-refractivity contribution is 14.1. The van der Waals surface area contributed by atoms with Gasteiger partial charge in [0.2, 0.25) is 0 Å². The number of rotatable bonds is 3. The average Bonchev–Trinajstić information content (AvgIpc) is 2.36. The monoisotopic (exact) mass is 388 g/mol. The molecule has 7 heteroatoms. The largest absolute Gasteiger partial charge is 0.478 e. The molecule has 0 radical (unpaired) electrons. The molecule has 0 aliphatic rings. The van der Waals surface area contributed by atoms with E-state index in [2.05, 4.69) is 33.2 Å². The molecule has 3 amide bonds. The molecule has 1 aromatic carbocycles. The maximum Gasteiger partial charge on any atom is 0.331 e. The minimum atomic E-state index is -1.20. The van der Waals surface area contributed by atoms with Crippen LogP contribution in [-0.2, 0) is 9.59 Å². The number of carboxylic acid groups (broad SMARTS) is 1. The number of aliphatic carboxylic acids is 1. The van der Waals surface area contributed by atoms with Crippen molar-refractivity contribution in [2.24, 2.45) is 0 Å². The van der Waals surface area contributed by atoms with Crippen LogP contribution in [0.2, 0.25) is 0 Å². The summed E-state index contributed by atoms with van der Waals surface area (Å²) < 4.78 is 0.935. The Bertz CT molecular complexity index is 596. The number of amides is 3. The molecule has 106 valence electrons. The van der Waals surface area contributed by atoms with Gasteiger partial charge in [-0.3, -0.25) is 10.1 Å². The first-order valence-corrected chi connectivity index (χ1v) is 6.68. The smallest absolute Gasteiger partial charge is 0.331 e. The molecule has 6 nitrogen and oxygen atoms in total. The van der Waals surface area contributed by atoms with Crippen molar-refractivity contribution in [3.63, 3.8) is 0 Å². The fourth-order valence-electron chi connectivity index (χ4n) is 1.26. The minimum absolute atomic E-state index is 0.0182. The van der Waals surface area contributed by atoms with Crippen LogP contribution in [0, 0.1) is 3.57 Å². The van der Waals surface area contributed by atoms with Gasteiger partial charge in [0.25, 0.3) is 5.91 Å². The third kappa shape index (κ3) is 4.65. The molecule has 0 atom stereocenters. The lowest BCUT2D eigenvalue weighted by Crippen LogP contribution is -2.35. The SMILES string of the molecule is CC(C(=O)O)=C(C)C(=O)NC(=O)Nc1cccc(I)c1. The highest BCUT2D eigenvalue weighted by Gasteiger charge is 2.15. The van der Waals surface area contributed by atoms with Crippen molar-refractivity contribution in [2.45, 2.75) is 13.8 Å². The number of carbonyl (C=O) groups excluding carboxylic acids is 2. The summed E-state index contributed by atoms with van der Waals surface area (Å²) in [5.74, 6) is -1.94. The Kier molecular flexibility index (Phi) is 5.68.